The number of carbonyl (C=O) groups is 3. The number of benzene rings is 1. The Bertz CT molecular complexity index is 1040. The Kier molecular flexibility index (Phi) is 8.54. The van der Waals surface area contributed by atoms with Crippen molar-refractivity contribution in [2.24, 2.45) is 5.92 Å². The van der Waals surface area contributed by atoms with Gasteiger partial charge >= 0.3 is 29.9 Å². The number of ether oxygens (including phenoxy) is 2. The van der Waals surface area contributed by atoms with Crippen molar-refractivity contribution >= 4 is 29.2 Å². The van der Waals surface area contributed by atoms with Crippen LogP contribution in [-0.4, -0.2) is 79.8 Å². The van der Waals surface area contributed by atoms with Gasteiger partial charge in [-0.1, -0.05) is 4.48 Å². The summed E-state index contributed by atoms with van der Waals surface area (Å²) in [6.07, 6.45) is -5.35. The van der Waals surface area contributed by atoms with Crippen LogP contribution in [0.3, 0.4) is 0 Å². The van der Waals surface area contributed by atoms with E-state index in [0.29, 0.717) is 4.90 Å². The molecule has 0 saturated carbocycles. The predicted molar refractivity (Wildman–Crippen MR) is 124 cm³/mol. The summed E-state index contributed by atoms with van der Waals surface area (Å²) in [4.78, 5) is 39.0. The fourth-order valence-electron chi connectivity index (χ4n) is 4.21. The Morgan fingerprint density at radius 3 is 2.08 bits per heavy atom. The van der Waals surface area contributed by atoms with Crippen molar-refractivity contribution in [3.8, 4) is 0 Å². The molecule has 0 spiro atoms. The molecule has 2 saturated heterocycles. The minimum atomic E-state index is -5.03. The molecule has 2 heterocycles. The minimum Gasteiger partial charge on any atom is -0.456 e. The number of anilines is 2. The normalized spacial score (nSPS) is 17.8. The monoisotopic (exact) mass is 553 g/mol. The third kappa shape index (κ3) is 6.69. The van der Waals surface area contributed by atoms with Crippen LogP contribution in [0.25, 0.3) is 0 Å². The zero-order valence-corrected chi connectivity index (χ0v) is 21.1. The lowest BCUT2D eigenvalue weighted by molar-refractivity contribution is -0.185. The zero-order valence-electron chi connectivity index (χ0n) is 21.1. The van der Waals surface area contributed by atoms with E-state index in [1.165, 1.54) is 11.0 Å². The van der Waals surface area contributed by atoms with Crippen LogP contribution in [0, 0.1) is 5.92 Å². The zero-order chi connectivity index (χ0) is 28.5. The van der Waals surface area contributed by atoms with Crippen LogP contribution in [0.1, 0.15) is 44.0 Å². The lowest BCUT2D eigenvalue weighted by atomic mass is 9.92. The van der Waals surface area contributed by atoms with Crippen LogP contribution >= 0.6 is 0 Å². The second kappa shape index (κ2) is 11.0. The summed E-state index contributed by atoms with van der Waals surface area (Å²) in [6.45, 7) is 3.80. The molecule has 0 aromatic heterocycles. The fraction of sp³-hybridized carbons (Fsp3) is 0.625. The molecular weight excluding hydrogens is 524 g/mol. The van der Waals surface area contributed by atoms with Crippen molar-refractivity contribution in [3.63, 3.8) is 0 Å². The van der Waals surface area contributed by atoms with Gasteiger partial charge in [0.25, 0.3) is 0 Å². The molecule has 1 aromatic rings. The maximum Gasteiger partial charge on any atom is 0.471 e. The minimum absolute atomic E-state index is 0.0126. The highest BCUT2D eigenvalue weighted by molar-refractivity contribution is 6.04. The Morgan fingerprint density at radius 1 is 0.974 bits per heavy atom. The largest absolute Gasteiger partial charge is 0.471 e. The maximum absolute atomic E-state index is 15.4. The van der Waals surface area contributed by atoms with E-state index >= 15 is 4.48 Å². The summed E-state index contributed by atoms with van der Waals surface area (Å²) in [5.41, 5.74) is -2.15. The van der Waals surface area contributed by atoms with Gasteiger partial charge in [0.1, 0.15) is 5.60 Å². The van der Waals surface area contributed by atoms with E-state index in [9.17, 15) is 36.3 Å². The number of halogens is 6. The van der Waals surface area contributed by atoms with E-state index < -0.39 is 57.8 Å². The van der Waals surface area contributed by atoms with Crippen LogP contribution < -0.4 is 10.0 Å². The third-order valence-electron chi connectivity index (χ3n) is 6.18. The summed E-state index contributed by atoms with van der Waals surface area (Å²) < 4.78 is 93.9. The van der Waals surface area contributed by atoms with E-state index in [2.05, 4.69) is 0 Å². The number of amides is 2. The SMILES string of the molecule is CC(C)(C)OC(=O)c1ccc(N2CCN(C(=O)C(F)(F)F)CC2)cc1N(F)C(=O)C(F)(F)C1CCOCC1. The van der Waals surface area contributed by atoms with Crippen molar-refractivity contribution in [2.45, 2.75) is 51.3 Å². The number of rotatable bonds is 5. The Hall–Kier alpha value is -3.03. The Labute approximate surface area is 215 Å². The molecule has 2 aliphatic heterocycles. The molecular formula is C24H29F6N3O5. The predicted octanol–water partition coefficient (Wildman–Crippen LogP) is 4.13. The van der Waals surface area contributed by atoms with Crippen molar-refractivity contribution in [1.82, 2.24) is 4.90 Å². The molecule has 0 radical (unpaired) electrons. The average molecular weight is 554 g/mol. The molecule has 0 atom stereocenters. The Morgan fingerprint density at radius 2 is 1.55 bits per heavy atom. The van der Waals surface area contributed by atoms with Crippen LogP contribution in [0.15, 0.2) is 18.2 Å². The maximum atomic E-state index is 15.4. The van der Waals surface area contributed by atoms with Gasteiger partial charge in [-0.05, 0) is 51.8 Å². The fourth-order valence-corrected chi connectivity index (χ4v) is 4.21. The molecule has 0 unspecified atom stereocenters. The molecule has 0 bridgehead atoms. The molecule has 14 heteroatoms. The van der Waals surface area contributed by atoms with Gasteiger partial charge in [0.2, 0.25) is 0 Å². The molecule has 212 valence electrons. The highest BCUT2D eigenvalue weighted by Crippen LogP contribution is 2.38. The average Bonchev–Trinajstić information content (AvgIpc) is 2.86. The van der Waals surface area contributed by atoms with Crippen molar-refractivity contribution < 1.29 is 50.3 Å². The summed E-state index contributed by atoms with van der Waals surface area (Å²) >= 11 is 0. The topological polar surface area (TPSA) is 79.4 Å². The van der Waals surface area contributed by atoms with Crippen LogP contribution in [0.2, 0.25) is 0 Å². The first kappa shape index (κ1) is 29.5. The molecule has 38 heavy (non-hydrogen) atoms. The quantitative estimate of drug-likeness (QED) is 0.310. The number of hydrogen-bond acceptors (Lipinski definition) is 6. The van der Waals surface area contributed by atoms with Gasteiger partial charge in [0.15, 0.2) is 0 Å². The molecule has 3 rings (SSSR count). The second-order valence-electron chi connectivity index (χ2n) is 10.1. The number of alkyl halides is 5. The molecule has 1 aromatic carbocycles. The number of esters is 1. The molecule has 2 amide bonds. The van der Waals surface area contributed by atoms with E-state index in [1.54, 1.807) is 20.8 Å². The number of nitrogens with zero attached hydrogens (tertiary/aromatic N) is 3. The molecule has 2 aliphatic rings. The first-order valence-electron chi connectivity index (χ1n) is 12.0. The highest BCUT2D eigenvalue weighted by Gasteiger charge is 2.51. The number of piperazine rings is 1. The van der Waals surface area contributed by atoms with Gasteiger partial charge in [-0.25, -0.2) is 4.79 Å². The highest BCUT2D eigenvalue weighted by atomic mass is 19.4. The van der Waals surface area contributed by atoms with Crippen LogP contribution in [-0.2, 0) is 19.1 Å². The van der Waals surface area contributed by atoms with Crippen LogP contribution in [0.5, 0.6) is 0 Å². The molecule has 0 N–H and O–H groups in total. The summed E-state index contributed by atoms with van der Waals surface area (Å²) in [5, 5.41) is -0.776. The summed E-state index contributed by atoms with van der Waals surface area (Å²) in [7, 11) is 0. The first-order chi connectivity index (χ1) is 17.5. The van der Waals surface area contributed by atoms with Crippen molar-refractivity contribution in [1.29, 1.82) is 0 Å². The van der Waals surface area contributed by atoms with Crippen molar-refractivity contribution in [3.05, 3.63) is 23.8 Å². The number of carbonyl (C=O) groups excluding carboxylic acids is 3. The first-order valence-corrected chi connectivity index (χ1v) is 12.0. The van der Waals surface area contributed by atoms with Gasteiger partial charge in [-0.3, -0.25) is 9.59 Å². The summed E-state index contributed by atoms with van der Waals surface area (Å²) in [6, 6.07) is 3.41. The molecule has 8 nitrogen and oxygen atoms in total. The second-order valence-corrected chi connectivity index (χ2v) is 10.1. The third-order valence-corrected chi connectivity index (χ3v) is 6.18. The lowest BCUT2D eigenvalue weighted by Gasteiger charge is -2.36. The molecule has 2 fully saturated rings. The van der Waals surface area contributed by atoms with Crippen LogP contribution in [0.4, 0.5) is 37.8 Å². The lowest BCUT2D eigenvalue weighted by Crippen LogP contribution is -2.52. The van der Waals surface area contributed by atoms with Gasteiger partial charge < -0.3 is 19.3 Å². The van der Waals surface area contributed by atoms with E-state index in [4.69, 9.17) is 9.47 Å². The van der Waals surface area contributed by atoms with Gasteiger partial charge in [-0.2, -0.15) is 22.0 Å². The van der Waals surface area contributed by atoms with E-state index in [1.807, 2.05) is 0 Å². The Balaban J connectivity index is 1.90. The van der Waals surface area contributed by atoms with Gasteiger partial charge in [0.05, 0.1) is 11.3 Å². The number of hydrogen-bond donors (Lipinski definition) is 0. The van der Waals surface area contributed by atoms with Crippen molar-refractivity contribution in [2.75, 3.05) is 49.4 Å². The standard InChI is InChI=1S/C24H29F6N3O5/c1-22(2,3)38-19(34)17-5-4-16(31-8-10-32(11-9-31)21(36)24(27,28)29)14-18(17)33(30)20(35)23(25,26)15-6-12-37-13-7-15/h4-5,14-15H,6-13H2,1-3H3. The van der Waals surface area contributed by atoms with E-state index in [0.717, 1.165) is 12.1 Å². The molecule has 0 aliphatic carbocycles. The smallest absolute Gasteiger partial charge is 0.456 e. The van der Waals surface area contributed by atoms with E-state index in [-0.39, 0.29) is 57.9 Å². The van der Waals surface area contributed by atoms with Gasteiger partial charge in [-0.15, -0.1) is 5.12 Å². The summed E-state index contributed by atoms with van der Waals surface area (Å²) in [5.74, 6) is -10.8. The van der Waals surface area contributed by atoms with Gasteiger partial charge in [0, 0.05) is 51.0 Å².